The van der Waals surface area contributed by atoms with Crippen LogP contribution in [0.1, 0.15) is 0 Å². The molecule has 7 nitrogen and oxygen atoms in total. The Morgan fingerprint density at radius 3 is 2.62 bits per heavy atom. The lowest BCUT2D eigenvalue weighted by Crippen LogP contribution is -2.45. The molecule has 134 valence electrons. The number of nitrogens with zero attached hydrogens (tertiary/aromatic N) is 1. The second-order valence-electron chi connectivity index (χ2n) is 5.78. The van der Waals surface area contributed by atoms with Crippen molar-refractivity contribution in [3.05, 3.63) is 30.1 Å². The lowest BCUT2D eigenvalue weighted by Gasteiger charge is -2.21. The van der Waals surface area contributed by atoms with Crippen LogP contribution in [0, 0.1) is 11.7 Å². The lowest BCUT2D eigenvalue weighted by molar-refractivity contribution is -0.124. The zero-order chi connectivity index (χ0) is 17.7. The van der Waals surface area contributed by atoms with Crippen LogP contribution in [0.4, 0.5) is 4.39 Å². The predicted molar refractivity (Wildman–Crippen MR) is 85.6 cm³/mol. The fourth-order valence-corrected chi connectivity index (χ4v) is 3.44. The summed E-state index contributed by atoms with van der Waals surface area (Å²) in [4.78, 5) is 12.0. The third-order valence-electron chi connectivity index (χ3n) is 3.71. The highest BCUT2D eigenvalue weighted by atomic mass is 32.2. The normalized spacial score (nSPS) is 21.0. The van der Waals surface area contributed by atoms with Crippen molar-refractivity contribution in [2.24, 2.45) is 5.92 Å². The van der Waals surface area contributed by atoms with Gasteiger partial charge in [-0.15, -0.1) is 0 Å². The maximum atomic E-state index is 12.8. The van der Waals surface area contributed by atoms with Crippen molar-refractivity contribution in [1.82, 2.24) is 9.62 Å². The molecule has 24 heavy (non-hydrogen) atoms. The van der Waals surface area contributed by atoms with E-state index in [1.807, 2.05) is 0 Å². The summed E-state index contributed by atoms with van der Waals surface area (Å²) in [7, 11) is -0.439. The van der Waals surface area contributed by atoms with Gasteiger partial charge in [-0.05, 0) is 24.3 Å². The summed E-state index contributed by atoms with van der Waals surface area (Å²) in [5.41, 5.74) is 0. The Morgan fingerprint density at radius 1 is 1.33 bits per heavy atom. The van der Waals surface area contributed by atoms with E-state index in [1.165, 1.54) is 38.4 Å². The Bertz CT molecular complexity index is 663. The molecule has 0 bridgehead atoms. The number of rotatable bonds is 7. The quantitative estimate of drug-likeness (QED) is 0.752. The molecule has 1 aromatic rings. The molecular formula is C15H21FN2O5S. The summed E-state index contributed by atoms with van der Waals surface area (Å²) in [6.45, 7) is 0.294. The maximum absolute atomic E-state index is 12.8. The number of carbonyl (C=O) groups is 1. The van der Waals surface area contributed by atoms with Gasteiger partial charge in [-0.2, -0.15) is 0 Å². The third kappa shape index (κ3) is 5.15. The van der Waals surface area contributed by atoms with Crippen molar-refractivity contribution in [3.8, 4) is 5.75 Å². The van der Waals surface area contributed by atoms with Crippen molar-refractivity contribution in [1.29, 1.82) is 0 Å². The van der Waals surface area contributed by atoms with Gasteiger partial charge >= 0.3 is 0 Å². The van der Waals surface area contributed by atoms with E-state index in [0.717, 1.165) is 4.31 Å². The molecule has 1 aliphatic rings. The minimum absolute atomic E-state index is 0.0935. The first kappa shape index (κ1) is 18.6. The molecule has 0 aromatic heterocycles. The number of sulfonamides is 1. The Kier molecular flexibility index (Phi) is 6.14. The second-order valence-corrected chi connectivity index (χ2v) is 8.00. The average Bonchev–Trinajstić information content (AvgIpc) is 2.93. The molecule has 2 unspecified atom stereocenters. The van der Waals surface area contributed by atoms with Gasteiger partial charge in [0.1, 0.15) is 11.6 Å². The standard InChI is InChI=1S/C15H21FN2O5S/c1-18(2)24(20,21)10-11-7-22-8-14(11)17-15(19)9-23-13-5-3-12(16)4-6-13/h3-6,11,14H,7-10H2,1-2H3,(H,17,19). The van der Waals surface area contributed by atoms with Gasteiger partial charge in [-0.1, -0.05) is 0 Å². The summed E-state index contributed by atoms with van der Waals surface area (Å²) < 4.78 is 48.4. The summed E-state index contributed by atoms with van der Waals surface area (Å²) in [5, 5.41) is 2.73. The molecule has 1 heterocycles. The molecular weight excluding hydrogens is 339 g/mol. The second kappa shape index (κ2) is 7.91. The van der Waals surface area contributed by atoms with Crippen molar-refractivity contribution in [2.75, 3.05) is 39.7 Å². The van der Waals surface area contributed by atoms with Crippen LogP contribution in [0.3, 0.4) is 0 Å². The number of amides is 1. The highest BCUT2D eigenvalue weighted by molar-refractivity contribution is 7.89. The molecule has 2 rings (SSSR count). The topological polar surface area (TPSA) is 84.9 Å². The Hall–Kier alpha value is -1.71. The van der Waals surface area contributed by atoms with Crippen LogP contribution in [-0.2, 0) is 19.6 Å². The van der Waals surface area contributed by atoms with Crippen molar-refractivity contribution in [3.63, 3.8) is 0 Å². The van der Waals surface area contributed by atoms with Gasteiger partial charge in [0.05, 0.1) is 25.0 Å². The number of halogens is 1. The summed E-state index contributed by atoms with van der Waals surface area (Å²) in [5.74, 6) is -0.806. The van der Waals surface area contributed by atoms with E-state index in [-0.39, 0.29) is 49.3 Å². The number of benzene rings is 1. The van der Waals surface area contributed by atoms with Gasteiger partial charge in [0.2, 0.25) is 10.0 Å². The van der Waals surface area contributed by atoms with Crippen LogP contribution in [0.5, 0.6) is 5.75 Å². The Labute approximate surface area is 140 Å². The van der Waals surface area contributed by atoms with E-state index >= 15 is 0 Å². The zero-order valence-corrected chi connectivity index (χ0v) is 14.4. The summed E-state index contributed by atoms with van der Waals surface area (Å²) in [6.07, 6.45) is 0. The minimum Gasteiger partial charge on any atom is -0.484 e. The van der Waals surface area contributed by atoms with Gasteiger partial charge in [0.25, 0.3) is 5.91 Å². The first-order valence-electron chi connectivity index (χ1n) is 7.43. The molecule has 1 amide bonds. The van der Waals surface area contributed by atoms with Crippen molar-refractivity contribution >= 4 is 15.9 Å². The molecule has 0 saturated carbocycles. The fraction of sp³-hybridized carbons (Fsp3) is 0.533. The number of nitrogens with one attached hydrogen (secondary N) is 1. The first-order valence-corrected chi connectivity index (χ1v) is 9.04. The molecule has 1 aliphatic heterocycles. The van der Waals surface area contributed by atoms with Crippen LogP contribution < -0.4 is 10.1 Å². The van der Waals surface area contributed by atoms with Crippen LogP contribution in [0.2, 0.25) is 0 Å². The van der Waals surface area contributed by atoms with E-state index in [0.29, 0.717) is 5.75 Å². The highest BCUT2D eigenvalue weighted by Gasteiger charge is 2.34. The number of hydrogen-bond donors (Lipinski definition) is 1. The van der Waals surface area contributed by atoms with Crippen molar-refractivity contribution < 1.29 is 27.1 Å². The average molecular weight is 360 g/mol. The van der Waals surface area contributed by atoms with Crippen LogP contribution in [-0.4, -0.2) is 64.3 Å². The van der Waals surface area contributed by atoms with Gasteiger partial charge in [-0.25, -0.2) is 17.1 Å². The summed E-state index contributed by atoms with van der Waals surface area (Å²) >= 11 is 0. The third-order valence-corrected chi connectivity index (χ3v) is 5.67. The van der Waals surface area contributed by atoms with Crippen LogP contribution in [0.15, 0.2) is 24.3 Å². The number of hydrogen-bond acceptors (Lipinski definition) is 5. The molecule has 2 atom stereocenters. The molecule has 0 aliphatic carbocycles. The predicted octanol–water partition coefficient (Wildman–Crippen LogP) is 0.227. The SMILES string of the molecule is CN(C)S(=O)(=O)CC1COCC1NC(=O)COc1ccc(F)cc1. The van der Waals surface area contributed by atoms with Gasteiger partial charge < -0.3 is 14.8 Å². The van der Waals surface area contributed by atoms with Gasteiger partial charge in [0.15, 0.2) is 6.61 Å². The van der Waals surface area contributed by atoms with E-state index in [9.17, 15) is 17.6 Å². The maximum Gasteiger partial charge on any atom is 0.258 e. The number of ether oxygens (including phenoxy) is 2. The first-order chi connectivity index (χ1) is 11.3. The Morgan fingerprint density at radius 2 is 2.00 bits per heavy atom. The zero-order valence-electron chi connectivity index (χ0n) is 13.6. The smallest absolute Gasteiger partial charge is 0.258 e. The molecule has 9 heteroatoms. The molecule has 1 fully saturated rings. The summed E-state index contributed by atoms with van der Waals surface area (Å²) in [6, 6.07) is 4.94. The van der Waals surface area contributed by atoms with E-state index in [1.54, 1.807) is 0 Å². The van der Waals surface area contributed by atoms with Crippen molar-refractivity contribution in [2.45, 2.75) is 6.04 Å². The van der Waals surface area contributed by atoms with Crippen LogP contribution in [0.25, 0.3) is 0 Å². The molecule has 1 N–H and O–H groups in total. The largest absolute Gasteiger partial charge is 0.484 e. The molecule has 0 radical (unpaired) electrons. The van der Waals surface area contributed by atoms with E-state index in [2.05, 4.69) is 5.32 Å². The highest BCUT2D eigenvalue weighted by Crippen LogP contribution is 2.17. The van der Waals surface area contributed by atoms with Gasteiger partial charge in [0, 0.05) is 20.0 Å². The molecule has 1 aromatic carbocycles. The lowest BCUT2D eigenvalue weighted by atomic mass is 10.1. The molecule has 0 spiro atoms. The van der Waals surface area contributed by atoms with E-state index < -0.39 is 10.0 Å². The van der Waals surface area contributed by atoms with Gasteiger partial charge in [-0.3, -0.25) is 4.79 Å². The Balaban J connectivity index is 1.85. The fourth-order valence-electron chi connectivity index (χ4n) is 2.27. The van der Waals surface area contributed by atoms with Crippen LogP contribution >= 0.6 is 0 Å². The van der Waals surface area contributed by atoms with E-state index in [4.69, 9.17) is 9.47 Å². The monoisotopic (exact) mass is 360 g/mol. The number of carbonyl (C=O) groups excluding carboxylic acids is 1. The molecule has 1 saturated heterocycles. The minimum atomic E-state index is -3.37.